The minimum Gasteiger partial charge on any atom is -0.466 e. The summed E-state index contributed by atoms with van der Waals surface area (Å²) in [4.78, 5) is 27.3. The van der Waals surface area contributed by atoms with Crippen molar-refractivity contribution in [3.8, 4) is 0 Å². The Labute approximate surface area is 131 Å². The molecule has 1 aromatic heterocycles. The van der Waals surface area contributed by atoms with E-state index in [1.165, 1.54) is 20.4 Å². The van der Waals surface area contributed by atoms with Crippen molar-refractivity contribution >= 4 is 40.1 Å². The lowest BCUT2D eigenvalue weighted by atomic mass is 10.2. The number of hydrogen-bond donors (Lipinski definition) is 1. The molecule has 7 heteroatoms. The molecule has 0 saturated carbocycles. The second-order valence-corrected chi connectivity index (χ2v) is 4.67. The summed E-state index contributed by atoms with van der Waals surface area (Å²) in [7, 11) is 2.44. The Morgan fingerprint density at radius 1 is 1.27 bits per heavy atom. The van der Waals surface area contributed by atoms with Crippen LogP contribution in [0.2, 0.25) is 5.02 Å². The van der Waals surface area contributed by atoms with Crippen LogP contribution >= 0.6 is 11.6 Å². The highest BCUT2D eigenvalue weighted by atomic mass is 35.5. The zero-order valence-electron chi connectivity index (χ0n) is 11.9. The number of esters is 2. The Kier molecular flexibility index (Phi) is 4.95. The van der Waals surface area contributed by atoms with Crippen molar-refractivity contribution in [1.29, 1.82) is 0 Å². The van der Waals surface area contributed by atoms with Gasteiger partial charge in [0, 0.05) is 11.6 Å². The Balaban J connectivity index is 2.44. The van der Waals surface area contributed by atoms with Crippen LogP contribution in [0, 0.1) is 0 Å². The largest absolute Gasteiger partial charge is 0.466 e. The zero-order chi connectivity index (χ0) is 16.1. The van der Waals surface area contributed by atoms with Gasteiger partial charge in [-0.2, -0.15) is 0 Å². The molecule has 0 unspecified atom stereocenters. The molecule has 0 spiro atoms. The molecule has 0 aliphatic rings. The van der Waals surface area contributed by atoms with Crippen LogP contribution in [0.3, 0.4) is 0 Å². The van der Waals surface area contributed by atoms with Gasteiger partial charge >= 0.3 is 11.9 Å². The number of anilines is 1. The minimum atomic E-state index is -0.698. The van der Waals surface area contributed by atoms with Gasteiger partial charge in [-0.15, -0.1) is 0 Å². The van der Waals surface area contributed by atoms with Crippen LogP contribution < -0.4 is 5.32 Å². The van der Waals surface area contributed by atoms with Gasteiger partial charge in [-0.05, 0) is 12.1 Å². The molecule has 0 aliphatic heterocycles. The minimum absolute atomic E-state index is 0.0569. The number of para-hydroxylation sites is 1. The highest BCUT2D eigenvalue weighted by molar-refractivity contribution is 6.31. The van der Waals surface area contributed by atoms with E-state index in [2.05, 4.69) is 19.8 Å². The number of aromatic nitrogens is 1. The number of fused-ring (bicyclic) bond motifs is 1. The van der Waals surface area contributed by atoms with Gasteiger partial charge in [0.1, 0.15) is 5.70 Å². The number of pyridine rings is 1. The third kappa shape index (κ3) is 3.53. The Bertz CT molecular complexity index is 758. The van der Waals surface area contributed by atoms with E-state index in [0.29, 0.717) is 16.2 Å². The van der Waals surface area contributed by atoms with Gasteiger partial charge in [0.15, 0.2) is 0 Å². The van der Waals surface area contributed by atoms with Crippen LogP contribution in [0.15, 0.2) is 42.2 Å². The van der Waals surface area contributed by atoms with Gasteiger partial charge in [-0.3, -0.25) is 4.98 Å². The first kappa shape index (κ1) is 15.8. The lowest BCUT2D eigenvalue weighted by Gasteiger charge is -2.11. The number of nitrogens with zero attached hydrogens (tertiary/aromatic N) is 1. The van der Waals surface area contributed by atoms with Crippen LogP contribution in [0.25, 0.3) is 10.9 Å². The van der Waals surface area contributed by atoms with Crippen molar-refractivity contribution in [3.05, 3.63) is 47.3 Å². The van der Waals surface area contributed by atoms with E-state index in [9.17, 15) is 9.59 Å². The average Bonchev–Trinajstić information content (AvgIpc) is 2.53. The molecular weight excluding hydrogens is 308 g/mol. The number of rotatable bonds is 4. The van der Waals surface area contributed by atoms with Gasteiger partial charge < -0.3 is 14.8 Å². The van der Waals surface area contributed by atoms with E-state index in [4.69, 9.17) is 11.6 Å². The standard InChI is InChI=1S/C15H13ClN2O4/c1-21-13(19)7-12(15(20)22-2)18-11-5-3-4-9-6-10(16)8-17-14(9)11/h3-8,18H,1-2H3/b12-7+. The zero-order valence-corrected chi connectivity index (χ0v) is 12.7. The molecule has 0 bridgehead atoms. The number of carbonyl (C=O) groups excluding carboxylic acids is 2. The summed E-state index contributed by atoms with van der Waals surface area (Å²) in [6.45, 7) is 0. The summed E-state index contributed by atoms with van der Waals surface area (Å²) in [5, 5.41) is 4.13. The molecule has 0 fully saturated rings. The first-order valence-electron chi connectivity index (χ1n) is 6.24. The van der Waals surface area contributed by atoms with Crippen LogP contribution in [0.4, 0.5) is 5.69 Å². The lowest BCUT2D eigenvalue weighted by Crippen LogP contribution is -2.15. The van der Waals surface area contributed by atoms with Gasteiger partial charge in [-0.25, -0.2) is 9.59 Å². The third-order valence-corrected chi connectivity index (χ3v) is 3.02. The van der Waals surface area contributed by atoms with Crippen LogP contribution in [-0.2, 0) is 19.1 Å². The molecule has 2 rings (SSSR count). The van der Waals surface area contributed by atoms with Gasteiger partial charge in [-0.1, -0.05) is 23.7 Å². The topological polar surface area (TPSA) is 77.5 Å². The summed E-state index contributed by atoms with van der Waals surface area (Å²) in [5.74, 6) is -1.37. The van der Waals surface area contributed by atoms with Crippen molar-refractivity contribution in [1.82, 2.24) is 4.98 Å². The second-order valence-electron chi connectivity index (χ2n) is 4.23. The summed E-state index contributed by atoms with van der Waals surface area (Å²) in [6.07, 6.45) is 2.51. The summed E-state index contributed by atoms with van der Waals surface area (Å²) in [5.41, 5.74) is 1.08. The summed E-state index contributed by atoms with van der Waals surface area (Å²) < 4.78 is 9.16. The molecule has 22 heavy (non-hydrogen) atoms. The molecule has 1 heterocycles. The maximum Gasteiger partial charge on any atom is 0.354 e. The third-order valence-electron chi connectivity index (χ3n) is 2.82. The highest BCUT2D eigenvalue weighted by Crippen LogP contribution is 2.24. The van der Waals surface area contributed by atoms with Crippen LogP contribution in [-0.4, -0.2) is 31.1 Å². The van der Waals surface area contributed by atoms with Crippen molar-refractivity contribution < 1.29 is 19.1 Å². The maximum absolute atomic E-state index is 11.8. The van der Waals surface area contributed by atoms with E-state index in [1.807, 2.05) is 6.07 Å². The number of methoxy groups -OCH3 is 2. The van der Waals surface area contributed by atoms with Gasteiger partial charge in [0.2, 0.25) is 0 Å². The summed E-state index contributed by atoms with van der Waals surface area (Å²) >= 11 is 5.91. The normalized spacial score (nSPS) is 11.1. The fourth-order valence-corrected chi connectivity index (χ4v) is 1.98. The van der Waals surface area contributed by atoms with Crippen LogP contribution in [0.5, 0.6) is 0 Å². The van der Waals surface area contributed by atoms with E-state index < -0.39 is 11.9 Å². The van der Waals surface area contributed by atoms with Crippen molar-refractivity contribution in [2.45, 2.75) is 0 Å². The molecule has 6 nitrogen and oxygen atoms in total. The Hall–Kier alpha value is -2.60. The molecule has 0 aliphatic carbocycles. The smallest absolute Gasteiger partial charge is 0.354 e. The highest BCUT2D eigenvalue weighted by Gasteiger charge is 2.14. The van der Waals surface area contributed by atoms with E-state index >= 15 is 0 Å². The molecule has 0 saturated heterocycles. The molecule has 2 aromatic rings. The molecule has 114 valence electrons. The molecular formula is C15H13ClN2O4. The predicted octanol–water partition coefficient (Wildman–Crippen LogP) is 2.53. The molecule has 1 aromatic carbocycles. The number of benzene rings is 1. The first-order valence-corrected chi connectivity index (χ1v) is 6.62. The molecule has 1 N–H and O–H groups in total. The van der Waals surface area contributed by atoms with Gasteiger partial charge in [0.05, 0.1) is 36.5 Å². The van der Waals surface area contributed by atoms with Crippen molar-refractivity contribution in [3.63, 3.8) is 0 Å². The number of hydrogen-bond acceptors (Lipinski definition) is 6. The van der Waals surface area contributed by atoms with Crippen molar-refractivity contribution in [2.24, 2.45) is 0 Å². The van der Waals surface area contributed by atoms with E-state index in [1.54, 1.807) is 18.2 Å². The van der Waals surface area contributed by atoms with Gasteiger partial charge in [0.25, 0.3) is 0 Å². The Morgan fingerprint density at radius 2 is 2.05 bits per heavy atom. The number of carbonyl (C=O) groups is 2. The molecule has 0 atom stereocenters. The molecule has 0 radical (unpaired) electrons. The number of halogens is 1. The quantitative estimate of drug-likeness (QED) is 0.689. The second kappa shape index (κ2) is 6.91. The monoisotopic (exact) mass is 320 g/mol. The lowest BCUT2D eigenvalue weighted by molar-refractivity contribution is -0.138. The van der Waals surface area contributed by atoms with Crippen LogP contribution in [0.1, 0.15) is 0 Å². The predicted molar refractivity (Wildman–Crippen MR) is 82.5 cm³/mol. The first-order chi connectivity index (χ1) is 10.5. The SMILES string of the molecule is COC(=O)/C=C(/Nc1cccc2cc(Cl)cnc12)C(=O)OC. The molecule has 0 amide bonds. The average molecular weight is 321 g/mol. The van der Waals surface area contributed by atoms with E-state index in [0.717, 1.165) is 11.5 Å². The summed E-state index contributed by atoms with van der Waals surface area (Å²) in [6, 6.07) is 7.07. The Morgan fingerprint density at radius 3 is 2.73 bits per heavy atom. The number of nitrogens with one attached hydrogen (secondary N) is 1. The number of ether oxygens (including phenoxy) is 2. The fraction of sp³-hybridized carbons (Fsp3) is 0.133. The van der Waals surface area contributed by atoms with E-state index in [-0.39, 0.29) is 5.70 Å². The maximum atomic E-state index is 11.8. The fourth-order valence-electron chi connectivity index (χ4n) is 1.81. The van der Waals surface area contributed by atoms with Crippen molar-refractivity contribution in [2.75, 3.05) is 19.5 Å².